The molecule has 0 aromatic rings. The van der Waals surface area contributed by atoms with Crippen molar-refractivity contribution in [3.63, 3.8) is 0 Å². The van der Waals surface area contributed by atoms with Crippen molar-refractivity contribution in [1.29, 1.82) is 0 Å². The molecule has 0 bridgehead atoms. The maximum atomic E-state index is 10.9. The Morgan fingerprint density at radius 3 is 1.91 bits per heavy atom. The van der Waals surface area contributed by atoms with E-state index in [2.05, 4.69) is 0 Å². The molecule has 0 amide bonds. The van der Waals surface area contributed by atoms with Crippen LogP contribution in [0.25, 0.3) is 0 Å². The number of fused-ring (bicyclic) bond motifs is 1. The molecule has 2 saturated carbocycles. The lowest BCUT2D eigenvalue weighted by Gasteiger charge is -2.04. The summed E-state index contributed by atoms with van der Waals surface area (Å²) in [5, 5.41) is -0.188. The van der Waals surface area contributed by atoms with Gasteiger partial charge in [0, 0.05) is 10.7 Å². The molecule has 2 aliphatic rings. The van der Waals surface area contributed by atoms with Crippen LogP contribution in [0.4, 0.5) is 0 Å². The maximum Gasteiger partial charge on any atom is 0.236 e. The van der Waals surface area contributed by atoms with Crippen molar-refractivity contribution in [2.75, 3.05) is 0 Å². The monoisotopic (exact) mass is 194 g/mol. The Kier molecular flexibility index (Phi) is 1.69. The Labute approximate surface area is 71.3 Å². The van der Waals surface area contributed by atoms with Gasteiger partial charge in [0.05, 0.1) is 5.25 Å². The molecule has 0 saturated heterocycles. The predicted octanol–water partition coefficient (Wildman–Crippen LogP) is 1.74. The van der Waals surface area contributed by atoms with Crippen molar-refractivity contribution in [1.82, 2.24) is 0 Å². The van der Waals surface area contributed by atoms with E-state index in [1.54, 1.807) is 0 Å². The smallest absolute Gasteiger partial charge is 0.212 e. The summed E-state index contributed by atoms with van der Waals surface area (Å²) in [5.41, 5.74) is 0. The Morgan fingerprint density at radius 2 is 1.55 bits per heavy atom. The molecule has 2 fully saturated rings. The minimum atomic E-state index is -3.24. The fraction of sp³-hybridized carbons (Fsp3) is 1.00. The average molecular weight is 195 g/mol. The van der Waals surface area contributed by atoms with Gasteiger partial charge in [-0.05, 0) is 24.7 Å². The molecule has 2 atom stereocenters. The fourth-order valence-corrected chi connectivity index (χ4v) is 4.56. The zero-order valence-electron chi connectivity index (χ0n) is 6.16. The van der Waals surface area contributed by atoms with Gasteiger partial charge in [-0.3, -0.25) is 0 Å². The lowest BCUT2D eigenvalue weighted by molar-refractivity contribution is 0.480. The molecule has 4 heteroatoms. The highest BCUT2D eigenvalue weighted by Gasteiger charge is 2.57. The Hall–Kier alpha value is 0.240. The van der Waals surface area contributed by atoms with Gasteiger partial charge < -0.3 is 0 Å². The van der Waals surface area contributed by atoms with E-state index in [-0.39, 0.29) is 5.25 Å². The van der Waals surface area contributed by atoms with E-state index < -0.39 is 9.05 Å². The second-order valence-corrected chi connectivity index (χ2v) is 6.34. The van der Waals surface area contributed by atoms with Gasteiger partial charge in [0.2, 0.25) is 9.05 Å². The summed E-state index contributed by atoms with van der Waals surface area (Å²) in [4.78, 5) is 0. The summed E-state index contributed by atoms with van der Waals surface area (Å²) < 4.78 is 21.9. The van der Waals surface area contributed by atoms with E-state index in [0.29, 0.717) is 11.8 Å². The normalized spacial score (nSPS) is 43.2. The summed E-state index contributed by atoms with van der Waals surface area (Å²) in [5.74, 6) is 0.817. The van der Waals surface area contributed by atoms with E-state index in [4.69, 9.17) is 10.7 Å². The van der Waals surface area contributed by atoms with Gasteiger partial charge in [-0.1, -0.05) is 12.8 Å². The van der Waals surface area contributed by atoms with Crippen LogP contribution in [0.3, 0.4) is 0 Å². The van der Waals surface area contributed by atoms with E-state index in [1.165, 1.54) is 12.8 Å². The SMILES string of the molecule is O=S(=O)(Cl)C1C2CCCCC21. The highest BCUT2D eigenvalue weighted by molar-refractivity contribution is 8.14. The molecular weight excluding hydrogens is 184 g/mol. The van der Waals surface area contributed by atoms with Gasteiger partial charge >= 0.3 is 0 Å². The van der Waals surface area contributed by atoms with Crippen LogP contribution in [-0.2, 0) is 9.05 Å². The minimum Gasteiger partial charge on any atom is -0.212 e. The van der Waals surface area contributed by atoms with Crippen molar-refractivity contribution in [3.05, 3.63) is 0 Å². The van der Waals surface area contributed by atoms with Gasteiger partial charge in [-0.2, -0.15) is 0 Å². The van der Waals surface area contributed by atoms with E-state index in [0.717, 1.165) is 12.8 Å². The van der Waals surface area contributed by atoms with Crippen molar-refractivity contribution in [2.45, 2.75) is 30.9 Å². The van der Waals surface area contributed by atoms with Crippen LogP contribution in [0.5, 0.6) is 0 Å². The molecule has 0 heterocycles. The highest BCUT2D eigenvalue weighted by atomic mass is 35.7. The Morgan fingerprint density at radius 1 is 1.09 bits per heavy atom. The first kappa shape index (κ1) is 7.87. The first-order valence-electron chi connectivity index (χ1n) is 4.04. The summed E-state index contributed by atoms with van der Waals surface area (Å²) in [7, 11) is 2.04. The molecule has 0 N–H and O–H groups in total. The second-order valence-electron chi connectivity index (χ2n) is 3.55. The van der Waals surface area contributed by atoms with Gasteiger partial charge in [0.1, 0.15) is 0 Å². The largest absolute Gasteiger partial charge is 0.236 e. The molecule has 2 nitrogen and oxygen atoms in total. The third-order valence-electron chi connectivity index (χ3n) is 2.90. The standard InChI is InChI=1S/C7H11ClO2S/c8-11(9,10)7-5-3-1-2-4-6(5)7/h5-7H,1-4H2. The van der Waals surface area contributed by atoms with Crippen LogP contribution in [0, 0.1) is 11.8 Å². The summed E-state index contributed by atoms with van der Waals surface area (Å²) >= 11 is 0. The van der Waals surface area contributed by atoms with Crippen molar-refractivity contribution in [3.8, 4) is 0 Å². The van der Waals surface area contributed by atoms with E-state index in [1.807, 2.05) is 0 Å². The Bertz CT molecular complexity index is 248. The molecule has 64 valence electrons. The maximum absolute atomic E-state index is 10.9. The predicted molar refractivity (Wildman–Crippen MR) is 44.0 cm³/mol. The van der Waals surface area contributed by atoms with Gasteiger partial charge in [0.15, 0.2) is 0 Å². The number of hydrogen-bond donors (Lipinski definition) is 0. The third-order valence-corrected chi connectivity index (χ3v) is 4.87. The second kappa shape index (κ2) is 2.36. The van der Waals surface area contributed by atoms with Crippen LogP contribution in [0.15, 0.2) is 0 Å². The van der Waals surface area contributed by atoms with Gasteiger partial charge in [0.25, 0.3) is 0 Å². The van der Waals surface area contributed by atoms with Crippen molar-refractivity contribution < 1.29 is 8.42 Å². The summed E-state index contributed by atoms with van der Waals surface area (Å²) in [6.45, 7) is 0. The van der Waals surface area contributed by atoms with Crippen LogP contribution in [0.2, 0.25) is 0 Å². The van der Waals surface area contributed by atoms with Gasteiger partial charge in [-0.15, -0.1) is 0 Å². The molecule has 11 heavy (non-hydrogen) atoms. The van der Waals surface area contributed by atoms with Crippen molar-refractivity contribution in [2.24, 2.45) is 11.8 Å². The van der Waals surface area contributed by atoms with Crippen LogP contribution >= 0.6 is 10.7 Å². The lowest BCUT2D eigenvalue weighted by atomic mass is 10.0. The Balaban J connectivity index is 2.12. The van der Waals surface area contributed by atoms with Crippen LogP contribution in [-0.4, -0.2) is 13.7 Å². The van der Waals surface area contributed by atoms with Crippen LogP contribution in [0.1, 0.15) is 25.7 Å². The quantitative estimate of drug-likeness (QED) is 0.596. The summed E-state index contributed by atoms with van der Waals surface area (Å²) in [6.07, 6.45) is 4.51. The minimum absolute atomic E-state index is 0.188. The first-order chi connectivity index (χ1) is 5.11. The molecule has 0 aromatic heterocycles. The molecule has 2 rings (SSSR count). The van der Waals surface area contributed by atoms with Crippen molar-refractivity contribution >= 4 is 19.7 Å². The average Bonchev–Trinajstić information content (AvgIpc) is 2.58. The van der Waals surface area contributed by atoms with E-state index in [9.17, 15) is 8.42 Å². The molecular formula is C7H11ClO2S. The number of rotatable bonds is 1. The van der Waals surface area contributed by atoms with Crippen LogP contribution < -0.4 is 0 Å². The fourth-order valence-electron chi connectivity index (χ4n) is 2.34. The number of hydrogen-bond acceptors (Lipinski definition) is 2. The first-order valence-corrected chi connectivity index (χ1v) is 6.41. The molecule has 2 aliphatic carbocycles. The summed E-state index contributed by atoms with van der Waals surface area (Å²) in [6, 6.07) is 0. The number of halogens is 1. The molecule has 2 unspecified atom stereocenters. The topological polar surface area (TPSA) is 34.1 Å². The molecule has 0 radical (unpaired) electrons. The van der Waals surface area contributed by atoms with Gasteiger partial charge in [-0.25, -0.2) is 8.42 Å². The third kappa shape index (κ3) is 1.29. The molecule has 0 aliphatic heterocycles. The highest BCUT2D eigenvalue weighted by Crippen LogP contribution is 2.54. The zero-order chi connectivity index (χ0) is 8.06. The molecule has 0 aromatic carbocycles. The zero-order valence-corrected chi connectivity index (χ0v) is 7.74. The van der Waals surface area contributed by atoms with E-state index >= 15 is 0 Å². The molecule has 0 spiro atoms. The lowest BCUT2D eigenvalue weighted by Crippen LogP contribution is -2.00.